The van der Waals surface area contributed by atoms with Crippen molar-refractivity contribution in [2.45, 2.75) is 0 Å². The van der Waals surface area contributed by atoms with Crippen molar-refractivity contribution in [1.82, 2.24) is 30.0 Å². The van der Waals surface area contributed by atoms with Crippen LogP contribution in [0, 0.1) is 0 Å². The zero-order chi connectivity index (χ0) is 21.1. The van der Waals surface area contributed by atoms with Gasteiger partial charge in [0.2, 0.25) is 0 Å². The van der Waals surface area contributed by atoms with Crippen LogP contribution in [0.1, 0.15) is 10.5 Å². The maximum atomic E-state index is 12.7. The lowest BCUT2D eigenvalue weighted by Gasteiger charge is -2.12. The number of hydrogen-bond donors (Lipinski definition) is 3. The number of urea groups is 1. The molecule has 3 heterocycles. The minimum absolute atomic E-state index is 0.238. The molecule has 10 nitrogen and oxygen atoms in total. The fourth-order valence-corrected chi connectivity index (χ4v) is 2.81. The first-order valence-electron chi connectivity index (χ1n) is 9.00. The van der Waals surface area contributed by atoms with Gasteiger partial charge in [0.05, 0.1) is 23.6 Å². The first kappa shape index (κ1) is 19.0. The fraction of sp³-hybridized carbons (Fsp3) is 0.100. The van der Waals surface area contributed by atoms with Crippen molar-refractivity contribution < 1.29 is 9.59 Å². The molecule has 3 aromatic heterocycles. The van der Waals surface area contributed by atoms with Crippen molar-refractivity contribution in [2.75, 3.05) is 24.7 Å². The van der Waals surface area contributed by atoms with E-state index in [1.165, 1.54) is 23.5 Å². The topological polar surface area (TPSA) is 129 Å². The van der Waals surface area contributed by atoms with Gasteiger partial charge in [-0.1, -0.05) is 6.07 Å². The number of nitrogens with one attached hydrogen (secondary N) is 3. The Balaban J connectivity index is 1.64. The van der Waals surface area contributed by atoms with Crippen molar-refractivity contribution in [3.63, 3.8) is 0 Å². The molecule has 3 N–H and O–H groups in total. The molecule has 1 aromatic carbocycles. The number of aromatic nitrogens is 5. The number of benzene rings is 1. The second-order valence-electron chi connectivity index (χ2n) is 6.66. The lowest BCUT2D eigenvalue weighted by atomic mass is 10.0. The first-order valence-corrected chi connectivity index (χ1v) is 9.00. The van der Waals surface area contributed by atoms with Crippen molar-refractivity contribution >= 4 is 34.3 Å². The van der Waals surface area contributed by atoms with E-state index in [2.05, 4.69) is 35.8 Å². The van der Waals surface area contributed by atoms with E-state index in [1.54, 1.807) is 26.5 Å². The summed E-state index contributed by atoms with van der Waals surface area (Å²) in [6, 6.07) is 7.14. The van der Waals surface area contributed by atoms with Crippen LogP contribution in [0.2, 0.25) is 0 Å². The number of carbonyl (C=O) groups excluding carboxylic acids is 2. The first-order chi connectivity index (χ1) is 14.5. The summed E-state index contributed by atoms with van der Waals surface area (Å²) in [5.74, 6) is -0.0626. The summed E-state index contributed by atoms with van der Waals surface area (Å²) in [6.45, 7) is 0. The van der Waals surface area contributed by atoms with Crippen LogP contribution in [0.5, 0.6) is 0 Å². The number of H-pyrrole nitrogens is 1. The average molecular weight is 402 g/mol. The van der Waals surface area contributed by atoms with Crippen LogP contribution < -0.4 is 10.6 Å². The van der Waals surface area contributed by atoms with Gasteiger partial charge in [0, 0.05) is 43.6 Å². The van der Waals surface area contributed by atoms with Gasteiger partial charge in [-0.05, 0) is 23.8 Å². The Morgan fingerprint density at radius 2 is 1.83 bits per heavy atom. The van der Waals surface area contributed by atoms with E-state index in [4.69, 9.17) is 0 Å². The second-order valence-corrected chi connectivity index (χ2v) is 6.66. The largest absolute Gasteiger partial charge is 0.331 e. The Bertz CT molecular complexity index is 1220. The van der Waals surface area contributed by atoms with Crippen LogP contribution in [0.4, 0.5) is 16.3 Å². The molecule has 0 aliphatic heterocycles. The average Bonchev–Trinajstić information content (AvgIpc) is 3.18. The summed E-state index contributed by atoms with van der Waals surface area (Å²) in [7, 11) is 3.32. The summed E-state index contributed by atoms with van der Waals surface area (Å²) in [6.07, 6.45) is 7.73. The SMILES string of the molecule is CN(C)C(=O)Nc1cncc(-c2ccc3[nH]nc(C(=O)Nc4cnccn4)c3c2)c1. The van der Waals surface area contributed by atoms with Crippen LogP contribution in [0.25, 0.3) is 22.0 Å². The second kappa shape index (κ2) is 7.95. The van der Waals surface area contributed by atoms with Crippen molar-refractivity contribution in [3.05, 3.63) is 60.9 Å². The summed E-state index contributed by atoms with van der Waals surface area (Å²) >= 11 is 0. The van der Waals surface area contributed by atoms with Gasteiger partial charge in [-0.2, -0.15) is 5.10 Å². The van der Waals surface area contributed by atoms with Crippen LogP contribution >= 0.6 is 0 Å². The van der Waals surface area contributed by atoms with Crippen LogP contribution in [0.15, 0.2) is 55.2 Å². The van der Waals surface area contributed by atoms with Crippen molar-refractivity contribution in [2.24, 2.45) is 0 Å². The smallest absolute Gasteiger partial charge is 0.321 e. The molecule has 0 bridgehead atoms. The Kier molecular flexibility index (Phi) is 5.04. The minimum atomic E-state index is -0.399. The normalized spacial score (nSPS) is 10.6. The van der Waals surface area contributed by atoms with Crippen LogP contribution in [0.3, 0.4) is 0 Å². The molecular weight excluding hydrogens is 384 g/mol. The highest BCUT2D eigenvalue weighted by atomic mass is 16.2. The van der Waals surface area contributed by atoms with E-state index in [9.17, 15) is 9.59 Å². The number of carbonyl (C=O) groups is 2. The molecule has 0 spiro atoms. The van der Waals surface area contributed by atoms with Gasteiger partial charge < -0.3 is 15.5 Å². The molecule has 3 amide bonds. The molecule has 4 aromatic rings. The molecule has 10 heteroatoms. The summed E-state index contributed by atoms with van der Waals surface area (Å²) < 4.78 is 0. The maximum absolute atomic E-state index is 12.7. The Morgan fingerprint density at radius 3 is 2.60 bits per heavy atom. The van der Waals surface area contributed by atoms with E-state index in [1.807, 2.05) is 24.3 Å². The number of pyridine rings is 1. The van der Waals surface area contributed by atoms with Gasteiger partial charge in [0.1, 0.15) is 0 Å². The number of rotatable bonds is 4. The minimum Gasteiger partial charge on any atom is -0.331 e. The zero-order valence-electron chi connectivity index (χ0n) is 16.2. The Hall–Kier alpha value is -4.34. The molecule has 30 heavy (non-hydrogen) atoms. The molecule has 0 aliphatic rings. The lowest BCUT2D eigenvalue weighted by Crippen LogP contribution is -2.27. The number of fused-ring (bicyclic) bond motifs is 1. The third kappa shape index (κ3) is 3.92. The highest BCUT2D eigenvalue weighted by Gasteiger charge is 2.16. The van der Waals surface area contributed by atoms with Crippen molar-refractivity contribution in [1.29, 1.82) is 0 Å². The highest BCUT2D eigenvalue weighted by molar-refractivity contribution is 6.11. The molecule has 150 valence electrons. The maximum Gasteiger partial charge on any atom is 0.321 e. The van der Waals surface area contributed by atoms with E-state index in [0.717, 1.165) is 11.1 Å². The molecular formula is C20H18N8O2. The number of aromatic amines is 1. The third-order valence-corrected chi connectivity index (χ3v) is 4.31. The van der Waals surface area contributed by atoms with E-state index < -0.39 is 5.91 Å². The highest BCUT2D eigenvalue weighted by Crippen LogP contribution is 2.27. The Morgan fingerprint density at radius 1 is 0.967 bits per heavy atom. The predicted octanol–water partition coefficient (Wildman–Crippen LogP) is 2.76. The van der Waals surface area contributed by atoms with Gasteiger partial charge in [-0.25, -0.2) is 9.78 Å². The van der Waals surface area contributed by atoms with Gasteiger partial charge in [-0.3, -0.25) is 19.9 Å². The molecule has 0 saturated carbocycles. The number of hydrogen-bond acceptors (Lipinski definition) is 6. The summed E-state index contributed by atoms with van der Waals surface area (Å²) in [4.78, 5) is 38.2. The van der Waals surface area contributed by atoms with Crippen LogP contribution in [-0.4, -0.2) is 56.1 Å². The van der Waals surface area contributed by atoms with Gasteiger partial charge in [0.15, 0.2) is 11.5 Å². The van der Waals surface area contributed by atoms with Gasteiger partial charge >= 0.3 is 6.03 Å². The number of anilines is 2. The molecule has 4 rings (SSSR count). The molecule has 0 saturated heterocycles. The molecule has 0 unspecified atom stereocenters. The summed E-state index contributed by atoms with van der Waals surface area (Å²) in [5, 5.41) is 13.1. The molecule has 0 aliphatic carbocycles. The zero-order valence-corrected chi connectivity index (χ0v) is 16.2. The quantitative estimate of drug-likeness (QED) is 0.481. The molecule has 0 atom stereocenters. The third-order valence-electron chi connectivity index (χ3n) is 4.31. The van der Waals surface area contributed by atoms with Crippen LogP contribution in [-0.2, 0) is 0 Å². The van der Waals surface area contributed by atoms with Gasteiger partial charge in [-0.15, -0.1) is 0 Å². The predicted molar refractivity (Wildman–Crippen MR) is 112 cm³/mol. The van der Waals surface area contributed by atoms with Gasteiger partial charge in [0.25, 0.3) is 5.91 Å². The van der Waals surface area contributed by atoms with Crippen molar-refractivity contribution in [3.8, 4) is 11.1 Å². The lowest BCUT2D eigenvalue weighted by molar-refractivity contribution is 0.102. The monoisotopic (exact) mass is 402 g/mol. The Labute approximate surface area is 171 Å². The van der Waals surface area contributed by atoms with E-state index >= 15 is 0 Å². The van der Waals surface area contributed by atoms with E-state index in [0.29, 0.717) is 22.4 Å². The number of nitrogens with zero attached hydrogens (tertiary/aromatic N) is 5. The molecule has 0 fully saturated rings. The molecule has 0 radical (unpaired) electrons. The van der Waals surface area contributed by atoms with E-state index in [-0.39, 0.29) is 11.7 Å². The fourth-order valence-electron chi connectivity index (χ4n) is 2.81. The standard InChI is InChI=1S/C20H18N8O2/c1-28(2)20(30)24-14-7-13(9-22-10-14)12-3-4-16-15(8-12)18(27-26-16)19(29)25-17-11-21-5-6-23-17/h3-11H,1-2H3,(H,24,30)(H,26,27)(H,23,25,29). The number of amides is 3. The summed E-state index contributed by atoms with van der Waals surface area (Å²) in [5.41, 5.74) is 3.13.